The summed E-state index contributed by atoms with van der Waals surface area (Å²) in [7, 11) is -1.73. The van der Waals surface area contributed by atoms with Gasteiger partial charge in [-0.1, -0.05) is 20.8 Å². The average Bonchev–Trinajstić information content (AvgIpc) is 2.97. The van der Waals surface area contributed by atoms with E-state index in [9.17, 15) is 8.42 Å². The van der Waals surface area contributed by atoms with E-state index in [4.69, 9.17) is 0 Å². The number of nitrogens with one attached hydrogen (secondary N) is 2. The van der Waals surface area contributed by atoms with E-state index in [1.54, 1.807) is 6.07 Å². The van der Waals surface area contributed by atoms with E-state index in [1.165, 1.54) is 22.7 Å². The lowest BCUT2D eigenvalue weighted by molar-refractivity contribution is 0.573. The van der Waals surface area contributed by atoms with Gasteiger partial charge in [-0.05, 0) is 24.1 Å². The van der Waals surface area contributed by atoms with E-state index in [-0.39, 0.29) is 5.41 Å². The maximum atomic E-state index is 12.3. The molecule has 116 valence electrons. The molecule has 0 aliphatic heterocycles. The van der Waals surface area contributed by atoms with Gasteiger partial charge in [0.2, 0.25) is 0 Å². The zero-order valence-corrected chi connectivity index (χ0v) is 14.9. The van der Waals surface area contributed by atoms with Crippen LogP contribution in [0, 0.1) is 0 Å². The number of hydrogen-bond acceptors (Lipinski definition) is 6. The van der Waals surface area contributed by atoms with Crippen LogP contribution in [0.5, 0.6) is 0 Å². The largest absolute Gasteiger partial charge is 0.316 e. The fraction of sp³-hybridized carbons (Fsp3) is 0.462. The third-order valence-electron chi connectivity index (χ3n) is 2.77. The number of rotatable bonds is 5. The molecule has 0 aromatic carbocycles. The summed E-state index contributed by atoms with van der Waals surface area (Å²) in [6.07, 6.45) is 0. The second-order valence-electron chi connectivity index (χ2n) is 5.70. The van der Waals surface area contributed by atoms with E-state index in [0.717, 1.165) is 11.3 Å². The normalized spacial score (nSPS) is 12.6. The first-order chi connectivity index (χ1) is 9.72. The lowest BCUT2D eigenvalue weighted by Gasteiger charge is -2.14. The van der Waals surface area contributed by atoms with Crippen LogP contribution in [0.3, 0.4) is 0 Å². The Labute approximate surface area is 133 Å². The van der Waals surface area contributed by atoms with Crippen molar-refractivity contribution in [2.24, 2.45) is 0 Å². The van der Waals surface area contributed by atoms with Gasteiger partial charge in [0.15, 0.2) is 5.13 Å². The van der Waals surface area contributed by atoms with Gasteiger partial charge in [-0.3, -0.25) is 4.72 Å². The predicted molar refractivity (Wildman–Crippen MR) is 88.7 cm³/mol. The van der Waals surface area contributed by atoms with Gasteiger partial charge in [0.05, 0.1) is 5.69 Å². The Morgan fingerprint density at radius 2 is 1.95 bits per heavy atom. The average molecular weight is 346 g/mol. The van der Waals surface area contributed by atoms with Crippen molar-refractivity contribution >= 4 is 37.8 Å². The summed E-state index contributed by atoms with van der Waals surface area (Å²) < 4.78 is 27.5. The fourth-order valence-electron chi connectivity index (χ4n) is 1.62. The van der Waals surface area contributed by atoms with E-state index in [1.807, 2.05) is 38.6 Å². The van der Waals surface area contributed by atoms with Gasteiger partial charge in [0, 0.05) is 17.3 Å². The van der Waals surface area contributed by atoms with Gasteiger partial charge in [-0.25, -0.2) is 13.4 Å². The molecule has 0 aliphatic carbocycles. The highest BCUT2D eigenvalue weighted by molar-refractivity contribution is 7.94. The highest BCUT2D eigenvalue weighted by atomic mass is 32.2. The van der Waals surface area contributed by atoms with Crippen molar-refractivity contribution in [1.82, 2.24) is 10.3 Å². The Morgan fingerprint density at radius 3 is 2.52 bits per heavy atom. The van der Waals surface area contributed by atoms with E-state index in [0.29, 0.717) is 15.9 Å². The molecule has 0 fully saturated rings. The molecule has 8 heteroatoms. The van der Waals surface area contributed by atoms with Crippen LogP contribution in [0.4, 0.5) is 5.13 Å². The summed E-state index contributed by atoms with van der Waals surface area (Å²) in [5, 5.41) is 7.13. The van der Waals surface area contributed by atoms with Crippen LogP contribution in [0.25, 0.3) is 0 Å². The molecular formula is C13H19N3O2S3. The predicted octanol–water partition coefficient (Wildman–Crippen LogP) is 3.02. The van der Waals surface area contributed by atoms with E-state index in [2.05, 4.69) is 15.0 Å². The quantitative estimate of drug-likeness (QED) is 0.874. The number of thiazole rings is 1. The SMILES string of the molecule is CNCc1csc(S(=O)(=O)Nc2nc(C(C)(C)C)cs2)c1. The molecule has 0 saturated heterocycles. The topological polar surface area (TPSA) is 71.1 Å². The summed E-state index contributed by atoms with van der Waals surface area (Å²) in [5.74, 6) is 0. The number of thiophene rings is 1. The van der Waals surface area contributed by atoms with Gasteiger partial charge < -0.3 is 5.32 Å². The molecule has 2 N–H and O–H groups in total. The molecule has 0 spiro atoms. The monoisotopic (exact) mass is 345 g/mol. The van der Waals surface area contributed by atoms with E-state index >= 15 is 0 Å². The Hall–Kier alpha value is -0.960. The first kappa shape index (κ1) is 16.4. The van der Waals surface area contributed by atoms with Crippen molar-refractivity contribution < 1.29 is 8.42 Å². The van der Waals surface area contributed by atoms with Crippen LogP contribution in [0.2, 0.25) is 0 Å². The first-order valence-corrected chi connectivity index (χ1v) is 9.67. The second-order valence-corrected chi connectivity index (χ2v) is 9.38. The third kappa shape index (κ3) is 4.03. The Morgan fingerprint density at radius 1 is 1.24 bits per heavy atom. The smallest absolute Gasteiger partial charge is 0.273 e. The van der Waals surface area contributed by atoms with Crippen molar-refractivity contribution in [2.45, 2.75) is 36.9 Å². The molecule has 0 bridgehead atoms. The lowest BCUT2D eigenvalue weighted by Crippen LogP contribution is -2.14. The number of sulfonamides is 1. The molecule has 0 amide bonds. The van der Waals surface area contributed by atoms with Gasteiger partial charge >= 0.3 is 0 Å². The first-order valence-electron chi connectivity index (χ1n) is 6.43. The molecule has 21 heavy (non-hydrogen) atoms. The maximum Gasteiger partial charge on any atom is 0.273 e. The minimum absolute atomic E-state index is 0.0942. The van der Waals surface area contributed by atoms with Crippen LogP contribution in [0.15, 0.2) is 21.0 Å². The minimum atomic E-state index is -3.55. The van der Waals surface area contributed by atoms with Crippen LogP contribution in [-0.4, -0.2) is 20.4 Å². The van der Waals surface area contributed by atoms with Crippen LogP contribution in [0.1, 0.15) is 32.0 Å². The highest BCUT2D eigenvalue weighted by Gasteiger charge is 2.21. The maximum absolute atomic E-state index is 12.3. The molecule has 0 unspecified atom stereocenters. The molecule has 0 saturated carbocycles. The molecule has 0 atom stereocenters. The Kier molecular flexibility index (Phi) is 4.72. The standard InChI is InChI=1S/C13H19N3O2S3/c1-13(2,3)10-8-20-12(15-10)16-21(17,18)11-5-9(6-14-4)7-19-11/h5,7-8,14H,6H2,1-4H3,(H,15,16). The molecule has 2 aromatic rings. The number of hydrogen-bond donors (Lipinski definition) is 2. The van der Waals surface area contributed by atoms with Gasteiger partial charge in [-0.2, -0.15) is 0 Å². The lowest BCUT2D eigenvalue weighted by atomic mass is 9.93. The molecule has 2 heterocycles. The number of anilines is 1. The Bertz CT molecular complexity index is 711. The van der Waals surface area contributed by atoms with Crippen molar-refractivity contribution in [3.05, 3.63) is 28.1 Å². The van der Waals surface area contributed by atoms with Gasteiger partial charge in [-0.15, -0.1) is 22.7 Å². The highest BCUT2D eigenvalue weighted by Crippen LogP contribution is 2.29. The number of aromatic nitrogens is 1. The van der Waals surface area contributed by atoms with Crippen LogP contribution >= 0.6 is 22.7 Å². The van der Waals surface area contributed by atoms with E-state index < -0.39 is 10.0 Å². The molecule has 2 aromatic heterocycles. The van der Waals surface area contributed by atoms with Crippen molar-refractivity contribution in [3.8, 4) is 0 Å². The summed E-state index contributed by atoms with van der Waals surface area (Å²) in [4.78, 5) is 4.36. The zero-order valence-electron chi connectivity index (χ0n) is 12.4. The molecule has 0 aliphatic rings. The summed E-state index contributed by atoms with van der Waals surface area (Å²) in [6.45, 7) is 6.79. The number of nitrogens with zero attached hydrogens (tertiary/aromatic N) is 1. The second kappa shape index (κ2) is 6.04. The summed E-state index contributed by atoms with van der Waals surface area (Å²) in [5.41, 5.74) is 1.74. The Balaban J connectivity index is 2.18. The summed E-state index contributed by atoms with van der Waals surface area (Å²) in [6, 6.07) is 1.68. The molecule has 0 radical (unpaired) electrons. The third-order valence-corrected chi connectivity index (χ3v) is 6.48. The van der Waals surface area contributed by atoms with Crippen LogP contribution in [-0.2, 0) is 22.0 Å². The minimum Gasteiger partial charge on any atom is -0.316 e. The van der Waals surface area contributed by atoms with Crippen molar-refractivity contribution in [2.75, 3.05) is 11.8 Å². The molecule has 5 nitrogen and oxygen atoms in total. The zero-order chi connectivity index (χ0) is 15.7. The van der Waals surface area contributed by atoms with Crippen LogP contribution < -0.4 is 10.0 Å². The van der Waals surface area contributed by atoms with Gasteiger partial charge in [0.1, 0.15) is 4.21 Å². The summed E-state index contributed by atoms with van der Waals surface area (Å²) >= 11 is 2.52. The molecule has 2 rings (SSSR count). The van der Waals surface area contributed by atoms with Crippen molar-refractivity contribution in [3.63, 3.8) is 0 Å². The van der Waals surface area contributed by atoms with Gasteiger partial charge in [0.25, 0.3) is 10.0 Å². The molecular weight excluding hydrogens is 326 g/mol. The van der Waals surface area contributed by atoms with Crippen molar-refractivity contribution in [1.29, 1.82) is 0 Å². The fourth-order valence-corrected chi connectivity index (χ4v) is 5.02.